The molecule has 0 aliphatic heterocycles. The van der Waals surface area contributed by atoms with E-state index in [1.807, 2.05) is 0 Å². The highest BCUT2D eigenvalue weighted by Gasteiger charge is 2.50. The number of aromatic amines is 1. The van der Waals surface area contributed by atoms with Gasteiger partial charge in [0.15, 0.2) is 0 Å². The summed E-state index contributed by atoms with van der Waals surface area (Å²) in [5, 5.41) is 41.3. The lowest BCUT2D eigenvalue weighted by Crippen LogP contribution is -2.62. The van der Waals surface area contributed by atoms with Crippen molar-refractivity contribution in [2.45, 2.75) is 154 Å². The third-order valence-corrected chi connectivity index (χ3v) is 14.5. The van der Waals surface area contributed by atoms with Crippen molar-refractivity contribution in [3.63, 3.8) is 0 Å². The molecule has 0 aliphatic rings. The fourth-order valence-corrected chi connectivity index (χ4v) is 9.30. The van der Waals surface area contributed by atoms with Crippen LogP contribution in [0.5, 0.6) is 0 Å². The Balaban J connectivity index is 2.00. The molecule has 0 saturated heterocycles. The van der Waals surface area contributed by atoms with Crippen molar-refractivity contribution in [1.82, 2.24) is 52.8 Å². The Bertz CT molecular complexity index is 3100. The second-order valence-electron chi connectivity index (χ2n) is 21.8. The molecule has 0 aliphatic carbocycles. The van der Waals surface area contributed by atoms with E-state index in [0.29, 0.717) is 28.6 Å². The van der Waals surface area contributed by atoms with Crippen LogP contribution in [0.2, 0.25) is 0 Å². The zero-order valence-corrected chi connectivity index (χ0v) is 50.2. The minimum Gasteiger partial charge on any atom is -0.481 e. The van der Waals surface area contributed by atoms with Gasteiger partial charge in [-0.15, -0.1) is 0 Å². The first-order chi connectivity index (χ1) is 40.9. The summed E-state index contributed by atoms with van der Waals surface area (Å²) in [7, 11) is -6.07. The van der Waals surface area contributed by atoms with Crippen LogP contribution < -0.4 is 59.3 Å². The molecule has 0 bridgehead atoms. The summed E-state index contributed by atoms with van der Waals surface area (Å²) in [6.45, 7) is 10.2. The number of halogens is 2. The van der Waals surface area contributed by atoms with Crippen LogP contribution >= 0.6 is 7.60 Å². The average Bonchev–Trinajstić information content (AvgIpc) is 1.14. The number of primary amides is 2. The number of H-pyrrole nitrogens is 1. The highest BCUT2D eigenvalue weighted by molar-refractivity contribution is 7.52. The zero-order valence-electron chi connectivity index (χ0n) is 49.3. The maximum Gasteiger partial charge on any atom is 0.399 e. The number of benzene rings is 2. The van der Waals surface area contributed by atoms with E-state index < -0.39 is 188 Å². The van der Waals surface area contributed by atoms with Crippen LogP contribution in [0.1, 0.15) is 104 Å². The summed E-state index contributed by atoms with van der Waals surface area (Å²) in [5.41, 5.74) is 6.43. The summed E-state index contributed by atoms with van der Waals surface area (Å²) >= 11 is 0. The number of alkyl halides is 2. The Morgan fingerprint density at radius 2 is 1.02 bits per heavy atom. The number of aliphatic carboxylic acids is 2. The Labute approximate surface area is 503 Å². The number of carboxylic acid groups (broad SMARTS) is 2. The second kappa shape index (κ2) is 33.3. The number of carbonyl (C=O) groups is 13. The lowest BCUT2D eigenvalue weighted by molar-refractivity contribution is -0.142. The first kappa shape index (κ1) is 73.4. The molecule has 33 heteroatoms. The Kier molecular flexibility index (Phi) is 27.7. The number of amides is 11. The smallest absolute Gasteiger partial charge is 0.399 e. The molecule has 0 saturated carbocycles. The minimum absolute atomic E-state index is 0.0443. The molecule has 88 heavy (non-hydrogen) atoms. The average molecular weight is 1260 g/mol. The van der Waals surface area contributed by atoms with Crippen molar-refractivity contribution >= 4 is 95.4 Å². The van der Waals surface area contributed by atoms with Gasteiger partial charge in [0, 0.05) is 42.4 Å². The molecular weight excluding hydrogens is 1190 g/mol. The minimum atomic E-state index is -6.07. The fourth-order valence-electron chi connectivity index (χ4n) is 8.81. The highest BCUT2D eigenvalue weighted by Crippen LogP contribution is 2.59. The van der Waals surface area contributed by atoms with Crippen LogP contribution in [0.4, 0.5) is 8.78 Å². The Hall–Kier alpha value is -8.90. The molecule has 0 unspecified atom stereocenters. The molecule has 3 rings (SSSR count). The number of nitrogens with one attached hydrogen (secondary N) is 10. The topological polar surface area (TPSA) is 496 Å². The van der Waals surface area contributed by atoms with Crippen molar-refractivity contribution in [3.05, 3.63) is 71.4 Å². The van der Waals surface area contributed by atoms with E-state index in [1.165, 1.54) is 6.92 Å². The standard InChI is InChI=1S/C55H77F2N12O18P/c1-8-28(6)46(54(84)68-41(23-45(75)76)52(82)64-37(18-27(4)5)49(79)67-40(22-44(73)74)51(81)63-35(47(59)77)20-31-24-61-34-12-10-9-11-33(31)34)69-53(83)38(19-30-13-15-32(16-14-30)55(56,57)88(85,86)87)65-50(80)39(21-42(58)71)66-48(78)36(17-26(2)3)62-43(72)25-60-29(7)70/h9-16,24,26-28,35-41,46,61H,8,17-23,25H2,1-7H3,(H2,58,71)(H2,59,77)(H,60,70)(H,62,72)(H,63,81)(H,64,82)(H,65,80)(H,66,78)(H,67,79)(H,68,84)(H,69,83)(H,73,74)(H,75,76)(H2,85,86,87)/t28-,35-,36-,37-,38-,39-,40-,41-,46-/m0/s1. The summed E-state index contributed by atoms with van der Waals surface area (Å²) in [6.07, 6.45) is -2.60. The third-order valence-electron chi connectivity index (χ3n) is 13.6. The predicted molar refractivity (Wildman–Crippen MR) is 308 cm³/mol. The highest BCUT2D eigenvalue weighted by atomic mass is 31.2. The molecule has 30 nitrogen and oxygen atoms in total. The number of aromatic nitrogens is 1. The molecule has 3 aromatic rings. The van der Waals surface area contributed by atoms with Crippen molar-refractivity contribution in [2.24, 2.45) is 29.2 Å². The second-order valence-corrected chi connectivity index (χ2v) is 23.5. The maximum atomic E-state index is 14.7. The van der Waals surface area contributed by atoms with Gasteiger partial charge in [0.2, 0.25) is 65.0 Å². The van der Waals surface area contributed by atoms with Crippen molar-refractivity contribution in [2.75, 3.05) is 6.54 Å². The summed E-state index contributed by atoms with van der Waals surface area (Å²) in [5.74, 6) is -16.9. The fraction of sp³-hybridized carbons (Fsp3) is 0.509. The number of carbonyl (C=O) groups excluding carboxylic acids is 11. The van der Waals surface area contributed by atoms with E-state index in [1.54, 1.807) is 65.1 Å². The largest absolute Gasteiger partial charge is 0.481 e. The molecule has 1 aromatic heterocycles. The van der Waals surface area contributed by atoms with E-state index in [9.17, 15) is 95.7 Å². The van der Waals surface area contributed by atoms with Crippen LogP contribution in [0.25, 0.3) is 10.9 Å². The van der Waals surface area contributed by atoms with Crippen LogP contribution in [0.3, 0.4) is 0 Å². The number of fused-ring (bicyclic) bond motifs is 1. The first-order valence-electron chi connectivity index (χ1n) is 27.7. The SMILES string of the molecule is CC[C@H](C)[C@H](NC(=O)[C@H](Cc1ccc(C(F)(F)P(=O)(O)O)cc1)NC(=O)[C@H](CC(N)=O)NC(=O)[C@H](CC(C)C)NC(=O)CNC(C)=O)C(=O)N[C@@H](CC(=O)O)C(=O)N[C@@H](CC(C)C)C(=O)N[C@@H](CC(=O)O)C(=O)N[C@@H](Cc1c[nH]c2ccccc12)C(N)=O. The van der Waals surface area contributed by atoms with Crippen molar-refractivity contribution in [1.29, 1.82) is 0 Å². The van der Waals surface area contributed by atoms with E-state index >= 15 is 0 Å². The lowest BCUT2D eigenvalue weighted by atomic mass is 9.96. The monoisotopic (exact) mass is 1260 g/mol. The third kappa shape index (κ3) is 23.1. The number of hydrogen-bond donors (Lipinski definition) is 16. The zero-order chi connectivity index (χ0) is 66.5. The predicted octanol–water partition coefficient (Wildman–Crippen LogP) is -1.36. The van der Waals surface area contributed by atoms with E-state index in [2.05, 4.69) is 52.8 Å². The van der Waals surface area contributed by atoms with Crippen LogP contribution in [-0.2, 0) is 85.4 Å². The number of rotatable bonds is 36. The molecule has 11 amide bonds. The molecule has 0 spiro atoms. The quantitative estimate of drug-likeness (QED) is 0.0299. The number of nitrogens with two attached hydrogens (primary N) is 2. The van der Waals surface area contributed by atoms with E-state index in [-0.39, 0.29) is 37.2 Å². The van der Waals surface area contributed by atoms with Gasteiger partial charge < -0.3 is 84.3 Å². The van der Waals surface area contributed by atoms with Gasteiger partial charge in [0.25, 0.3) is 0 Å². The van der Waals surface area contributed by atoms with Gasteiger partial charge in [-0.05, 0) is 47.8 Å². The summed E-state index contributed by atoms with van der Waals surface area (Å²) in [6, 6.07) is -3.90. The van der Waals surface area contributed by atoms with Gasteiger partial charge in [0.1, 0.15) is 48.3 Å². The number of hydrogen-bond acceptors (Lipinski definition) is 14. The molecule has 0 fully saturated rings. The van der Waals surface area contributed by atoms with Crippen molar-refractivity contribution in [3.8, 4) is 0 Å². The Morgan fingerprint density at radius 1 is 0.580 bits per heavy atom. The van der Waals surface area contributed by atoms with Crippen LogP contribution in [-0.4, -0.2) is 157 Å². The van der Waals surface area contributed by atoms with Gasteiger partial charge in [-0.1, -0.05) is 90.4 Å². The molecule has 2 aromatic carbocycles. The maximum absolute atomic E-state index is 14.7. The molecule has 9 atom stereocenters. The molecule has 18 N–H and O–H groups in total. The normalized spacial score (nSPS) is 14.6. The molecule has 484 valence electrons. The van der Waals surface area contributed by atoms with Crippen LogP contribution in [0.15, 0.2) is 54.7 Å². The van der Waals surface area contributed by atoms with Gasteiger partial charge in [0.05, 0.1) is 25.8 Å². The van der Waals surface area contributed by atoms with Gasteiger partial charge >= 0.3 is 25.2 Å². The molecule has 0 radical (unpaired) electrons. The summed E-state index contributed by atoms with van der Waals surface area (Å²) in [4.78, 5) is 194. The van der Waals surface area contributed by atoms with E-state index in [0.717, 1.165) is 19.1 Å². The first-order valence-corrected chi connectivity index (χ1v) is 29.3. The lowest BCUT2D eigenvalue weighted by Gasteiger charge is -2.30. The molecular formula is C55H77F2N12O18P. The Morgan fingerprint density at radius 3 is 1.49 bits per heavy atom. The van der Waals surface area contributed by atoms with Gasteiger partial charge in [-0.3, -0.25) is 66.9 Å². The van der Waals surface area contributed by atoms with E-state index in [4.69, 9.17) is 11.5 Å². The van der Waals surface area contributed by atoms with Gasteiger partial charge in [-0.2, -0.15) is 8.78 Å². The number of carboxylic acids is 2. The number of para-hydroxylation sites is 1. The van der Waals surface area contributed by atoms with Gasteiger partial charge in [-0.25, -0.2) is 0 Å². The summed E-state index contributed by atoms with van der Waals surface area (Å²) < 4.78 is 41.0. The molecule has 1 heterocycles. The van der Waals surface area contributed by atoms with Crippen molar-refractivity contribution < 1.29 is 95.7 Å². The van der Waals surface area contributed by atoms with Crippen LogP contribution in [0, 0.1) is 17.8 Å².